The number of nitrogens with zero attached hydrogens (tertiary/aromatic N) is 4. The first-order chi connectivity index (χ1) is 20.1. The lowest BCUT2D eigenvalue weighted by Gasteiger charge is -2.28. The zero-order valence-electron chi connectivity index (χ0n) is 23.9. The topological polar surface area (TPSA) is 98.1 Å². The summed E-state index contributed by atoms with van der Waals surface area (Å²) in [5.41, 5.74) is 5.68. The number of carboxylic acid groups (broad SMARTS) is 1. The van der Waals surface area contributed by atoms with Crippen molar-refractivity contribution in [2.75, 3.05) is 0 Å². The molecule has 0 radical (unpaired) electrons. The van der Waals surface area contributed by atoms with E-state index in [9.17, 15) is 9.90 Å². The van der Waals surface area contributed by atoms with Crippen molar-refractivity contribution in [3.05, 3.63) is 83.0 Å². The summed E-state index contributed by atoms with van der Waals surface area (Å²) in [5, 5.41) is 11.7. The maximum atomic E-state index is 12.6. The van der Waals surface area contributed by atoms with Crippen LogP contribution in [0.15, 0.2) is 61.1 Å². The molecule has 0 amide bonds. The van der Waals surface area contributed by atoms with Gasteiger partial charge < -0.3 is 9.84 Å². The van der Waals surface area contributed by atoms with Crippen LogP contribution in [-0.4, -0.2) is 36.6 Å². The van der Waals surface area contributed by atoms with Crippen LogP contribution in [0.3, 0.4) is 0 Å². The van der Waals surface area contributed by atoms with E-state index in [0.717, 1.165) is 67.4 Å². The summed E-state index contributed by atoms with van der Waals surface area (Å²) in [6.45, 7) is 7.48. The molecule has 0 aliphatic heterocycles. The first kappa shape index (κ1) is 28.4. The fourth-order valence-electron chi connectivity index (χ4n) is 5.23. The van der Waals surface area contributed by atoms with Gasteiger partial charge in [-0.3, -0.25) is 4.98 Å². The van der Waals surface area contributed by atoms with Crippen LogP contribution in [0, 0.1) is 6.92 Å². The third kappa shape index (κ3) is 5.67. The molecule has 3 heterocycles. The van der Waals surface area contributed by atoms with E-state index in [2.05, 4.69) is 15.0 Å². The second-order valence-corrected chi connectivity index (χ2v) is 13.1. The quantitative estimate of drug-likeness (QED) is 0.200. The zero-order valence-corrected chi connectivity index (χ0v) is 25.5. The molecular formula is C33H31ClN4O3S. The Balaban J connectivity index is 1.48. The Morgan fingerprint density at radius 3 is 2.36 bits per heavy atom. The highest BCUT2D eigenvalue weighted by Gasteiger charge is 2.32. The van der Waals surface area contributed by atoms with Crippen molar-refractivity contribution in [3.63, 3.8) is 0 Å². The monoisotopic (exact) mass is 598 g/mol. The molecule has 9 heteroatoms. The van der Waals surface area contributed by atoms with Crippen LogP contribution in [0.2, 0.25) is 5.02 Å². The number of thiazole rings is 1. The summed E-state index contributed by atoms with van der Waals surface area (Å²) in [4.78, 5) is 31.4. The van der Waals surface area contributed by atoms with Gasteiger partial charge in [0.25, 0.3) is 0 Å². The molecule has 1 saturated carbocycles. The van der Waals surface area contributed by atoms with Crippen LogP contribution < -0.4 is 0 Å². The van der Waals surface area contributed by atoms with Crippen LogP contribution in [0.1, 0.15) is 69.0 Å². The maximum Gasteiger partial charge on any atom is 0.337 e. The molecule has 1 unspecified atom stereocenters. The molecule has 42 heavy (non-hydrogen) atoms. The third-order valence-corrected chi connectivity index (χ3v) is 8.85. The minimum atomic E-state index is -1.17. The van der Waals surface area contributed by atoms with Crippen LogP contribution >= 0.6 is 22.9 Å². The highest BCUT2D eigenvalue weighted by atomic mass is 35.5. The summed E-state index contributed by atoms with van der Waals surface area (Å²) in [6.07, 6.45) is 7.84. The second kappa shape index (κ2) is 11.2. The van der Waals surface area contributed by atoms with E-state index in [1.807, 2.05) is 82.6 Å². The Hall–Kier alpha value is -3.72. The Morgan fingerprint density at radius 1 is 1.02 bits per heavy atom. The molecule has 6 rings (SSSR count). The van der Waals surface area contributed by atoms with E-state index in [0.29, 0.717) is 16.5 Å². The number of aliphatic carboxylic acids is 1. The third-order valence-electron chi connectivity index (χ3n) is 7.46. The molecular weight excluding hydrogens is 568 g/mol. The summed E-state index contributed by atoms with van der Waals surface area (Å²) in [6, 6.07) is 13.3. The van der Waals surface area contributed by atoms with Crippen molar-refractivity contribution in [3.8, 4) is 33.0 Å². The summed E-state index contributed by atoms with van der Waals surface area (Å²) >= 11 is 7.74. The maximum absolute atomic E-state index is 12.6. The molecule has 3 aromatic heterocycles. The number of rotatable bonds is 7. The van der Waals surface area contributed by atoms with E-state index in [-0.39, 0.29) is 0 Å². The summed E-state index contributed by atoms with van der Waals surface area (Å²) in [5.74, 6) is 0.332. The number of aryl methyl sites for hydroxylation is 1. The predicted octanol–water partition coefficient (Wildman–Crippen LogP) is 8.65. The molecule has 7 nitrogen and oxygen atoms in total. The van der Waals surface area contributed by atoms with Gasteiger partial charge in [-0.2, -0.15) is 0 Å². The van der Waals surface area contributed by atoms with Gasteiger partial charge in [-0.15, -0.1) is 11.3 Å². The Labute approximate surface area is 253 Å². The lowest BCUT2D eigenvalue weighted by molar-refractivity contribution is -0.160. The second-order valence-electron chi connectivity index (χ2n) is 11.7. The average molecular weight is 599 g/mol. The van der Waals surface area contributed by atoms with Gasteiger partial charge >= 0.3 is 5.97 Å². The molecule has 1 N–H and O–H groups in total. The number of hydrogen-bond acceptors (Lipinski definition) is 7. The normalized spacial score (nSPS) is 14.6. The molecule has 214 valence electrons. The van der Waals surface area contributed by atoms with E-state index >= 15 is 0 Å². The van der Waals surface area contributed by atoms with Crippen molar-refractivity contribution in [2.24, 2.45) is 0 Å². The van der Waals surface area contributed by atoms with Crippen molar-refractivity contribution in [2.45, 2.75) is 64.6 Å². The lowest BCUT2D eigenvalue weighted by atomic mass is 9.85. The lowest BCUT2D eigenvalue weighted by Crippen LogP contribution is -2.28. The Morgan fingerprint density at radius 2 is 1.74 bits per heavy atom. The Kier molecular flexibility index (Phi) is 7.55. The number of carboxylic acids is 1. The SMILES string of the molecule is Cc1cc2nc(-c3ccnc(-c4cnc(C5CCC5)nc4)c3)sc2c(-c2ccc(Cl)cc2)c1C(OC(C)(C)C)C(=O)O. The number of hydrogen-bond donors (Lipinski definition) is 1. The smallest absolute Gasteiger partial charge is 0.337 e. The first-order valence-electron chi connectivity index (χ1n) is 14.0. The minimum absolute atomic E-state index is 0.471. The number of halogens is 1. The number of pyridine rings is 1. The van der Waals surface area contributed by atoms with Gasteiger partial charge in [0.1, 0.15) is 10.8 Å². The van der Waals surface area contributed by atoms with Crippen molar-refractivity contribution >= 4 is 39.1 Å². The molecule has 0 spiro atoms. The van der Waals surface area contributed by atoms with Crippen LogP contribution in [0.4, 0.5) is 0 Å². The molecule has 1 atom stereocenters. The number of aromatic nitrogens is 4. The standard InChI is InChI=1S/C33H31ClN4O3S/c1-18-14-25-29(27(19-8-10-23(34)11-9-19)26(18)28(32(39)40)41-33(2,3)4)42-31(38-25)21-12-13-35-24(15-21)22-16-36-30(37-17-22)20-6-5-7-20/h8-17,20,28H,5-7H2,1-4H3,(H,39,40). The van der Waals surface area contributed by atoms with Gasteiger partial charge in [-0.05, 0) is 82.0 Å². The highest BCUT2D eigenvalue weighted by Crippen LogP contribution is 2.44. The van der Waals surface area contributed by atoms with Crippen LogP contribution in [-0.2, 0) is 9.53 Å². The predicted molar refractivity (Wildman–Crippen MR) is 167 cm³/mol. The molecule has 1 fully saturated rings. The van der Waals surface area contributed by atoms with E-state index in [1.165, 1.54) is 17.8 Å². The van der Waals surface area contributed by atoms with E-state index in [1.54, 1.807) is 6.20 Å². The average Bonchev–Trinajstić information content (AvgIpc) is 3.34. The van der Waals surface area contributed by atoms with Crippen LogP contribution in [0.25, 0.3) is 43.2 Å². The Bertz CT molecular complexity index is 1770. The van der Waals surface area contributed by atoms with Gasteiger partial charge in [0.2, 0.25) is 0 Å². The van der Waals surface area contributed by atoms with Crippen molar-refractivity contribution in [1.29, 1.82) is 0 Å². The minimum Gasteiger partial charge on any atom is -0.479 e. The zero-order chi connectivity index (χ0) is 29.6. The largest absolute Gasteiger partial charge is 0.479 e. The van der Waals surface area contributed by atoms with Gasteiger partial charge in [-0.1, -0.05) is 30.2 Å². The molecule has 1 aliphatic rings. The van der Waals surface area contributed by atoms with Crippen molar-refractivity contribution in [1.82, 2.24) is 19.9 Å². The molecule has 1 aliphatic carbocycles. The van der Waals surface area contributed by atoms with Gasteiger partial charge in [0.15, 0.2) is 6.10 Å². The number of fused-ring (bicyclic) bond motifs is 1. The number of ether oxygens (including phenoxy) is 1. The molecule has 0 bridgehead atoms. The fourth-order valence-corrected chi connectivity index (χ4v) is 6.48. The number of benzene rings is 2. The molecule has 0 saturated heterocycles. The molecule has 5 aromatic rings. The van der Waals surface area contributed by atoms with E-state index < -0.39 is 17.7 Å². The highest BCUT2D eigenvalue weighted by molar-refractivity contribution is 7.22. The number of carbonyl (C=O) groups is 1. The van der Waals surface area contributed by atoms with Gasteiger partial charge in [-0.25, -0.2) is 19.7 Å². The van der Waals surface area contributed by atoms with E-state index in [4.69, 9.17) is 21.3 Å². The summed E-state index contributed by atoms with van der Waals surface area (Å²) in [7, 11) is 0. The summed E-state index contributed by atoms with van der Waals surface area (Å²) < 4.78 is 7.01. The van der Waals surface area contributed by atoms with Gasteiger partial charge in [0.05, 0.1) is 21.5 Å². The van der Waals surface area contributed by atoms with Crippen molar-refractivity contribution < 1.29 is 14.6 Å². The molecule has 2 aromatic carbocycles. The van der Waals surface area contributed by atoms with Gasteiger partial charge in [0, 0.05) is 51.8 Å². The fraction of sp³-hybridized carbons (Fsp3) is 0.303. The first-order valence-corrected chi connectivity index (χ1v) is 15.2. The van der Waals surface area contributed by atoms with Crippen LogP contribution in [0.5, 0.6) is 0 Å².